The van der Waals surface area contributed by atoms with Gasteiger partial charge in [-0.2, -0.15) is 0 Å². The highest BCUT2D eigenvalue weighted by molar-refractivity contribution is 6.02. The number of carbonyl (C=O) groups excluding carboxylic acids is 1. The zero-order valence-electron chi connectivity index (χ0n) is 14.4. The van der Waals surface area contributed by atoms with E-state index in [2.05, 4.69) is 15.3 Å². The second kappa shape index (κ2) is 7.17. The van der Waals surface area contributed by atoms with Crippen LogP contribution in [0.15, 0.2) is 78.9 Å². The van der Waals surface area contributed by atoms with Crippen LogP contribution < -0.4 is 5.32 Å². The second-order valence-corrected chi connectivity index (χ2v) is 6.04. The molecule has 4 rings (SSSR count). The molecule has 0 aliphatic heterocycles. The SMILES string of the molecule is O=C(N/C(=C\c1ccccc1O)c1nc2ccccc2[nH]1)c1ccccc1. The number of fused-ring (bicyclic) bond motifs is 1. The molecule has 0 radical (unpaired) electrons. The lowest BCUT2D eigenvalue weighted by atomic mass is 10.1. The van der Waals surface area contributed by atoms with Crippen LogP contribution in [0.25, 0.3) is 22.8 Å². The van der Waals surface area contributed by atoms with E-state index in [4.69, 9.17) is 0 Å². The first-order chi connectivity index (χ1) is 13.2. The predicted octanol–water partition coefficient (Wildman–Crippen LogP) is 4.20. The standard InChI is InChI=1S/C22H17N3O2/c26-20-13-7-4-10-16(20)14-19(25-22(27)15-8-2-1-3-9-15)21-23-17-11-5-6-12-18(17)24-21/h1-14,26H,(H,23,24)(H,25,27)/b19-14-. The Kier molecular flexibility index (Phi) is 4.41. The van der Waals surface area contributed by atoms with E-state index < -0.39 is 0 Å². The smallest absolute Gasteiger partial charge is 0.255 e. The van der Waals surface area contributed by atoms with Crippen LogP contribution in [-0.4, -0.2) is 21.0 Å². The van der Waals surface area contributed by atoms with Gasteiger partial charge >= 0.3 is 0 Å². The first-order valence-electron chi connectivity index (χ1n) is 8.52. The summed E-state index contributed by atoms with van der Waals surface area (Å²) in [4.78, 5) is 20.4. The third-order valence-electron chi connectivity index (χ3n) is 4.17. The quantitative estimate of drug-likeness (QED) is 0.513. The summed E-state index contributed by atoms with van der Waals surface area (Å²) in [6, 6.07) is 23.5. The Balaban J connectivity index is 1.77. The number of nitrogens with one attached hydrogen (secondary N) is 2. The molecular formula is C22H17N3O2. The molecule has 0 saturated carbocycles. The molecule has 3 aromatic carbocycles. The van der Waals surface area contributed by atoms with Crippen LogP contribution in [0.3, 0.4) is 0 Å². The summed E-state index contributed by atoms with van der Waals surface area (Å²) in [5, 5.41) is 13.0. The number of aromatic hydroxyl groups is 1. The molecule has 0 fully saturated rings. The fourth-order valence-corrected chi connectivity index (χ4v) is 2.79. The summed E-state index contributed by atoms with van der Waals surface area (Å²) >= 11 is 0. The largest absolute Gasteiger partial charge is 0.507 e. The first kappa shape index (κ1) is 16.6. The van der Waals surface area contributed by atoms with Gasteiger partial charge in [0.15, 0.2) is 5.82 Å². The summed E-state index contributed by atoms with van der Waals surface area (Å²) in [7, 11) is 0. The fraction of sp³-hybridized carbons (Fsp3) is 0. The van der Waals surface area contributed by atoms with Crippen molar-refractivity contribution in [3.63, 3.8) is 0 Å². The topological polar surface area (TPSA) is 78.0 Å². The molecule has 0 atom stereocenters. The summed E-state index contributed by atoms with van der Waals surface area (Å²) < 4.78 is 0. The van der Waals surface area contributed by atoms with E-state index in [9.17, 15) is 9.90 Å². The molecule has 3 N–H and O–H groups in total. The van der Waals surface area contributed by atoms with Crippen molar-refractivity contribution in [3.05, 3.63) is 95.8 Å². The first-order valence-corrected chi connectivity index (χ1v) is 8.52. The fourth-order valence-electron chi connectivity index (χ4n) is 2.79. The molecule has 132 valence electrons. The van der Waals surface area contributed by atoms with E-state index in [0.717, 1.165) is 11.0 Å². The molecular weight excluding hydrogens is 338 g/mol. The van der Waals surface area contributed by atoms with Gasteiger partial charge in [-0.15, -0.1) is 0 Å². The number of benzene rings is 3. The molecule has 1 amide bonds. The molecule has 4 aromatic rings. The minimum absolute atomic E-state index is 0.125. The Hall–Kier alpha value is -3.86. The third-order valence-corrected chi connectivity index (χ3v) is 4.17. The Morgan fingerprint density at radius 3 is 2.41 bits per heavy atom. The molecule has 0 unspecified atom stereocenters. The molecule has 0 bridgehead atoms. The maximum Gasteiger partial charge on any atom is 0.255 e. The number of hydrogen-bond donors (Lipinski definition) is 3. The van der Waals surface area contributed by atoms with E-state index in [-0.39, 0.29) is 11.7 Å². The maximum absolute atomic E-state index is 12.7. The summed E-state index contributed by atoms with van der Waals surface area (Å²) in [5.74, 6) is 0.390. The molecule has 0 spiro atoms. The Morgan fingerprint density at radius 1 is 0.926 bits per heavy atom. The Bertz CT molecular complexity index is 1100. The zero-order valence-corrected chi connectivity index (χ0v) is 14.4. The monoisotopic (exact) mass is 355 g/mol. The van der Waals surface area contributed by atoms with Crippen LogP contribution in [0.5, 0.6) is 5.75 Å². The molecule has 1 heterocycles. The van der Waals surface area contributed by atoms with Crippen LogP contribution in [0.4, 0.5) is 0 Å². The number of aromatic nitrogens is 2. The number of imidazole rings is 1. The van der Waals surface area contributed by atoms with Gasteiger partial charge in [0.25, 0.3) is 5.91 Å². The summed E-state index contributed by atoms with van der Waals surface area (Å²) in [6.07, 6.45) is 1.70. The van der Waals surface area contributed by atoms with Crippen molar-refractivity contribution in [2.75, 3.05) is 0 Å². The molecule has 0 saturated heterocycles. The van der Waals surface area contributed by atoms with Gasteiger partial charge < -0.3 is 15.4 Å². The van der Waals surface area contributed by atoms with Crippen molar-refractivity contribution in [3.8, 4) is 5.75 Å². The minimum Gasteiger partial charge on any atom is -0.507 e. The molecule has 5 nitrogen and oxygen atoms in total. The number of amides is 1. The van der Waals surface area contributed by atoms with Crippen molar-refractivity contribution in [2.24, 2.45) is 0 Å². The van der Waals surface area contributed by atoms with Gasteiger partial charge in [-0.3, -0.25) is 4.79 Å². The van der Waals surface area contributed by atoms with Gasteiger partial charge in [-0.25, -0.2) is 4.98 Å². The van der Waals surface area contributed by atoms with Gasteiger partial charge in [0.2, 0.25) is 0 Å². The van der Waals surface area contributed by atoms with Crippen molar-refractivity contribution < 1.29 is 9.90 Å². The number of rotatable bonds is 4. The van der Waals surface area contributed by atoms with Gasteiger partial charge in [0.1, 0.15) is 5.75 Å². The summed E-state index contributed by atoms with van der Waals surface area (Å²) in [5.41, 5.74) is 3.26. The van der Waals surface area contributed by atoms with E-state index in [1.54, 1.807) is 36.4 Å². The normalized spacial score (nSPS) is 11.5. The second-order valence-electron chi connectivity index (χ2n) is 6.04. The van der Waals surface area contributed by atoms with Crippen LogP contribution >= 0.6 is 0 Å². The lowest BCUT2D eigenvalue weighted by Crippen LogP contribution is -2.22. The Labute approximate surface area is 156 Å². The maximum atomic E-state index is 12.7. The van der Waals surface area contributed by atoms with Crippen molar-refractivity contribution in [2.45, 2.75) is 0 Å². The number of nitrogens with zero attached hydrogens (tertiary/aromatic N) is 1. The number of hydrogen-bond acceptors (Lipinski definition) is 3. The molecule has 5 heteroatoms. The van der Waals surface area contributed by atoms with E-state index in [1.807, 2.05) is 48.5 Å². The zero-order chi connectivity index (χ0) is 18.6. The van der Waals surface area contributed by atoms with Gasteiger partial charge in [-0.05, 0) is 36.4 Å². The van der Waals surface area contributed by atoms with Crippen LogP contribution in [0.2, 0.25) is 0 Å². The molecule has 27 heavy (non-hydrogen) atoms. The van der Waals surface area contributed by atoms with E-state index in [0.29, 0.717) is 22.6 Å². The van der Waals surface area contributed by atoms with Crippen molar-refractivity contribution in [1.29, 1.82) is 0 Å². The number of H-pyrrole nitrogens is 1. The predicted molar refractivity (Wildman–Crippen MR) is 106 cm³/mol. The van der Waals surface area contributed by atoms with Gasteiger partial charge in [0.05, 0.1) is 16.7 Å². The summed E-state index contributed by atoms with van der Waals surface area (Å²) in [6.45, 7) is 0. The highest BCUT2D eigenvalue weighted by atomic mass is 16.3. The van der Waals surface area contributed by atoms with Crippen LogP contribution in [0.1, 0.15) is 21.7 Å². The minimum atomic E-state index is -0.252. The van der Waals surface area contributed by atoms with E-state index in [1.165, 1.54) is 0 Å². The average molecular weight is 355 g/mol. The van der Waals surface area contributed by atoms with E-state index >= 15 is 0 Å². The highest BCUT2D eigenvalue weighted by Gasteiger charge is 2.13. The number of aromatic amines is 1. The number of phenols is 1. The van der Waals surface area contributed by atoms with Crippen molar-refractivity contribution in [1.82, 2.24) is 15.3 Å². The average Bonchev–Trinajstić information content (AvgIpc) is 3.14. The Morgan fingerprint density at radius 2 is 1.63 bits per heavy atom. The highest BCUT2D eigenvalue weighted by Crippen LogP contribution is 2.23. The van der Waals surface area contributed by atoms with Crippen LogP contribution in [0, 0.1) is 0 Å². The lowest BCUT2D eigenvalue weighted by molar-refractivity contribution is 0.0973. The third kappa shape index (κ3) is 3.57. The van der Waals surface area contributed by atoms with Crippen molar-refractivity contribution >= 4 is 28.7 Å². The number of para-hydroxylation sites is 3. The number of carbonyl (C=O) groups is 1. The molecule has 0 aliphatic carbocycles. The molecule has 1 aromatic heterocycles. The van der Waals surface area contributed by atoms with Crippen LogP contribution in [-0.2, 0) is 0 Å². The molecule has 0 aliphatic rings. The lowest BCUT2D eigenvalue weighted by Gasteiger charge is -2.09. The van der Waals surface area contributed by atoms with Gasteiger partial charge in [0, 0.05) is 11.1 Å². The number of phenolic OH excluding ortho intramolecular Hbond substituents is 1. The van der Waals surface area contributed by atoms with Gasteiger partial charge in [-0.1, -0.05) is 48.5 Å².